The molecular formula is C25H24O5. The zero-order chi connectivity index (χ0) is 21.6. The van der Waals surface area contributed by atoms with Crippen molar-refractivity contribution in [2.75, 3.05) is 0 Å². The van der Waals surface area contributed by atoms with Crippen molar-refractivity contribution in [3.05, 3.63) is 69.4 Å². The Hall–Kier alpha value is -3.47. The number of ether oxygens (including phenoxy) is 1. The highest BCUT2D eigenvalue weighted by atomic mass is 16.5. The summed E-state index contributed by atoms with van der Waals surface area (Å²) in [5.41, 5.74) is 2.35. The molecule has 0 amide bonds. The third-order valence-corrected chi connectivity index (χ3v) is 5.12. The highest BCUT2D eigenvalue weighted by molar-refractivity contribution is 5.96. The number of fused-ring (bicyclic) bond motifs is 3. The lowest BCUT2D eigenvalue weighted by molar-refractivity contribution is 0.157. The molecule has 5 heteroatoms. The highest BCUT2D eigenvalue weighted by Gasteiger charge is 2.30. The second-order valence-corrected chi connectivity index (χ2v) is 8.32. The summed E-state index contributed by atoms with van der Waals surface area (Å²) in [4.78, 5) is 13.0. The van der Waals surface area contributed by atoms with Gasteiger partial charge in [-0.05, 0) is 70.5 Å². The van der Waals surface area contributed by atoms with Gasteiger partial charge in [-0.1, -0.05) is 11.6 Å². The lowest BCUT2D eigenvalue weighted by Crippen LogP contribution is -2.28. The highest BCUT2D eigenvalue weighted by Crippen LogP contribution is 2.45. The summed E-state index contributed by atoms with van der Waals surface area (Å²) in [6.07, 6.45) is 6.22. The Kier molecular flexibility index (Phi) is 4.69. The summed E-state index contributed by atoms with van der Waals surface area (Å²) in [5, 5.41) is 20.7. The van der Waals surface area contributed by atoms with E-state index in [1.165, 1.54) is 18.2 Å². The van der Waals surface area contributed by atoms with Gasteiger partial charge in [0.25, 0.3) is 0 Å². The van der Waals surface area contributed by atoms with Crippen LogP contribution in [0.1, 0.15) is 38.8 Å². The molecule has 1 aliphatic rings. The maximum absolute atomic E-state index is 13.0. The van der Waals surface area contributed by atoms with Gasteiger partial charge in [0.2, 0.25) is 0 Å². The summed E-state index contributed by atoms with van der Waals surface area (Å²) >= 11 is 0. The SMILES string of the molecule is CC(C)=CCc1c2c(c3oc(-c4ccc(O)cc4)cc(=O)c3c1O)C=CC(C)(C)O2. The number of hydrogen-bond donors (Lipinski definition) is 2. The number of hydrogen-bond acceptors (Lipinski definition) is 5. The second-order valence-electron chi connectivity index (χ2n) is 8.32. The molecule has 5 nitrogen and oxygen atoms in total. The van der Waals surface area contributed by atoms with Crippen LogP contribution in [0.2, 0.25) is 0 Å². The number of phenols is 2. The first-order valence-corrected chi connectivity index (χ1v) is 9.83. The minimum absolute atomic E-state index is 0.113. The van der Waals surface area contributed by atoms with Gasteiger partial charge in [-0.3, -0.25) is 4.79 Å². The molecule has 0 saturated heterocycles. The molecule has 1 aromatic heterocycles. The fourth-order valence-corrected chi connectivity index (χ4v) is 3.54. The van der Waals surface area contributed by atoms with Crippen molar-refractivity contribution in [2.45, 2.75) is 39.7 Å². The molecule has 0 spiro atoms. The monoisotopic (exact) mass is 404 g/mol. The van der Waals surface area contributed by atoms with E-state index in [4.69, 9.17) is 9.15 Å². The maximum atomic E-state index is 13.0. The van der Waals surface area contributed by atoms with Crippen molar-refractivity contribution in [1.82, 2.24) is 0 Å². The van der Waals surface area contributed by atoms with E-state index in [1.807, 2.05) is 45.9 Å². The van der Waals surface area contributed by atoms with E-state index in [9.17, 15) is 15.0 Å². The van der Waals surface area contributed by atoms with Crippen LogP contribution < -0.4 is 10.2 Å². The van der Waals surface area contributed by atoms with Crippen LogP contribution in [-0.4, -0.2) is 15.8 Å². The molecule has 0 atom stereocenters. The number of benzene rings is 2. The molecule has 0 fully saturated rings. The van der Waals surface area contributed by atoms with E-state index in [1.54, 1.807) is 12.1 Å². The number of allylic oxidation sites excluding steroid dienone is 2. The molecule has 0 radical (unpaired) electrons. The Labute approximate surface area is 174 Å². The van der Waals surface area contributed by atoms with Crippen LogP contribution in [0.15, 0.2) is 57.3 Å². The molecule has 154 valence electrons. The first-order chi connectivity index (χ1) is 14.2. The van der Waals surface area contributed by atoms with Crippen LogP contribution in [0.5, 0.6) is 17.2 Å². The van der Waals surface area contributed by atoms with Gasteiger partial charge >= 0.3 is 0 Å². The Bertz CT molecular complexity index is 1250. The van der Waals surface area contributed by atoms with E-state index in [0.717, 1.165) is 5.57 Å². The van der Waals surface area contributed by atoms with Crippen molar-refractivity contribution < 1.29 is 19.4 Å². The Morgan fingerprint density at radius 1 is 1.13 bits per heavy atom. The minimum atomic E-state index is -0.554. The summed E-state index contributed by atoms with van der Waals surface area (Å²) < 4.78 is 12.3. The van der Waals surface area contributed by atoms with E-state index in [0.29, 0.717) is 34.6 Å². The van der Waals surface area contributed by atoms with Crippen LogP contribution in [-0.2, 0) is 6.42 Å². The van der Waals surface area contributed by atoms with Crippen LogP contribution in [0, 0.1) is 0 Å². The fourth-order valence-electron chi connectivity index (χ4n) is 3.54. The van der Waals surface area contributed by atoms with Crippen LogP contribution in [0.3, 0.4) is 0 Å². The summed E-state index contributed by atoms with van der Waals surface area (Å²) in [6, 6.07) is 7.76. The third kappa shape index (κ3) is 3.47. The van der Waals surface area contributed by atoms with Crippen molar-refractivity contribution in [1.29, 1.82) is 0 Å². The quantitative estimate of drug-likeness (QED) is 0.558. The predicted octanol–water partition coefficient (Wildman–Crippen LogP) is 5.56. The van der Waals surface area contributed by atoms with E-state index >= 15 is 0 Å². The molecular weight excluding hydrogens is 380 g/mol. The average molecular weight is 404 g/mol. The molecule has 0 saturated carbocycles. The van der Waals surface area contributed by atoms with E-state index in [2.05, 4.69) is 0 Å². The van der Waals surface area contributed by atoms with Crippen molar-refractivity contribution in [3.8, 4) is 28.6 Å². The van der Waals surface area contributed by atoms with Crippen LogP contribution in [0.25, 0.3) is 28.4 Å². The lowest BCUT2D eigenvalue weighted by atomic mass is 9.94. The van der Waals surface area contributed by atoms with Gasteiger partial charge in [0.15, 0.2) is 11.0 Å². The van der Waals surface area contributed by atoms with Gasteiger partial charge in [-0.25, -0.2) is 0 Å². The summed E-state index contributed by atoms with van der Waals surface area (Å²) in [6.45, 7) is 7.82. The van der Waals surface area contributed by atoms with Crippen LogP contribution in [0.4, 0.5) is 0 Å². The molecule has 4 rings (SSSR count). The Morgan fingerprint density at radius 2 is 1.83 bits per heavy atom. The molecule has 0 bridgehead atoms. The summed E-state index contributed by atoms with van der Waals surface area (Å²) in [7, 11) is 0. The topological polar surface area (TPSA) is 79.9 Å². The normalized spacial score (nSPS) is 14.3. The van der Waals surface area contributed by atoms with Gasteiger partial charge in [0.05, 0.1) is 5.56 Å². The maximum Gasteiger partial charge on any atom is 0.197 e. The van der Waals surface area contributed by atoms with Crippen molar-refractivity contribution >= 4 is 17.0 Å². The third-order valence-electron chi connectivity index (χ3n) is 5.12. The van der Waals surface area contributed by atoms with Gasteiger partial charge in [-0.2, -0.15) is 0 Å². The molecule has 3 aromatic rings. The molecule has 30 heavy (non-hydrogen) atoms. The first-order valence-electron chi connectivity index (χ1n) is 9.83. The van der Waals surface area contributed by atoms with Crippen molar-refractivity contribution in [2.24, 2.45) is 0 Å². The standard InChI is InChI=1S/C25H24O5/c1-14(2)5-10-17-22(28)21-19(27)13-20(15-6-8-16(26)9-7-15)29-24(21)18-11-12-25(3,4)30-23(17)18/h5-9,11-13,26,28H,10H2,1-4H3. The fraction of sp³-hybridized carbons (Fsp3) is 0.240. The second kappa shape index (κ2) is 7.10. The predicted molar refractivity (Wildman–Crippen MR) is 118 cm³/mol. The Balaban J connectivity index is 2.04. The van der Waals surface area contributed by atoms with Crippen LogP contribution >= 0.6 is 0 Å². The molecule has 1 aliphatic heterocycles. The number of phenolic OH excluding ortho intramolecular Hbond substituents is 2. The first kappa shape index (κ1) is 19.8. The van der Waals surface area contributed by atoms with Crippen molar-refractivity contribution in [3.63, 3.8) is 0 Å². The zero-order valence-electron chi connectivity index (χ0n) is 17.4. The zero-order valence-corrected chi connectivity index (χ0v) is 17.4. The molecule has 2 aromatic carbocycles. The van der Waals surface area contributed by atoms with E-state index < -0.39 is 5.60 Å². The summed E-state index contributed by atoms with van der Waals surface area (Å²) in [5.74, 6) is 0.887. The molecule has 2 heterocycles. The average Bonchev–Trinajstić information content (AvgIpc) is 2.66. The van der Waals surface area contributed by atoms with Gasteiger partial charge in [0.1, 0.15) is 34.0 Å². The lowest BCUT2D eigenvalue weighted by Gasteiger charge is -2.30. The largest absolute Gasteiger partial charge is 0.508 e. The number of rotatable bonds is 3. The minimum Gasteiger partial charge on any atom is -0.508 e. The molecule has 0 aliphatic carbocycles. The Morgan fingerprint density at radius 3 is 2.50 bits per heavy atom. The van der Waals surface area contributed by atoms with Gasteiger partial charge in [-0.15, -0.1) is 0 Å². The smallest absolute Gasteiger partial charge is 0.197 e. The van der Waals surface area contributed by atoms with Gasteiger partial charge < -0.3 is 19.4 Å². The van der Waals surface area contributed by atoms with E-state index in [-0.39, 0.29) is 27.9 Å². The molecule has 2 N–H and O–H groups in total. The molecule has 0 unspecified atom stereocenters. The number of aromatic hydroxyl groups is 2. The van der Waals surface area contributed by atoms with Gasteiger partial charge in [0, 0.05) is 17.2 Å².